The van der Waals surface area contributed by atoms with Crippen LogP contribution >= 0.6 is 0 Å². The third kappa shape index (κ3) is 4.45. The van der Waals surface area contributed by atoms with Gasteiger partial charge in [-0.25, -0.2) is 4.85 Å². The number of hydrogen-bond donors (Lipinski definition) is 0. The zero-order chi connectivity index (χ0) is 36.6. The maximum atomic E-state index is 10.5. The van der Waals surface area contributed by atoms with Gasteiger partial charge in [-0.1, -0.05) is 103 Å². The van der Waals surface area contributed by atoms with Gasteiger partial charge in [0.1, 0.15) is 6.07 Å². The Hall–Kier alpha value is -7.86. The van der Waals surface area contributed by atoms with Gasteiger partial charge in [-0.05, 0) is 89.3 Å². The highest BCUT2D eigenvalue weighted by Gasteiger charge is 2.21. The van der Waals surface area contributed by atoms with E-state index in [1.54, 1.807) is 0 Å². The van der Waals surface area contributed by atoms with Crippen LogP contribution in [0.15, 0.2) is 176 Å². The molecule has 3 aromatic heterocycles. The number of para-hydroxylation sites is 4. The molecule has 0 atom stereocenters. The number of hydrogen-bond acceptors (Lipinski definition) is 1. The minimum atomic E-state index is 0.606. The minimum absolute atomic E-state index is 0.606. The Balaban J connectivity index is 1.09. The Morgan fingerprint density at radius 3 is 1.60 bits per heavy atom. The first-order chi connectivity index (χ1) is 27.2. The van der Waals surface area contributed by atoms with Crippen LogP contribution in [0.2, 0.25) is 0 Å². The zero-order valence-corrected chi connectivity index (χ0v) is 29.5. The highest BCUT2D eigenvalue weighted by atomic mass is 15.0. The number of aromatic nitrogens is 3. The predicted octanol–water partition coefficient (Wildman–Crippen LogP) is 13.1. The van der Waals surface area contributed by atoms with Crippen molar-refractivity contribution in [3.05, 3.63) is 193 Å². The molecule has 3 heterocycles. The van der Waals surface area contributed by atoms with Gasteiger partial charge < -0.3 is 13.7 Å². The monoisotopic (exact) mass is 699 g/mol. The molecule has 254 valence electrons. The summed E-state index contributed by atoms with van der Waals surface area (Å²) in [5, 5.41) is 17.4. The SMILES string of the molecule is [C-]#[N+]c1ccc2c(c1)c1ccccc1n2-c1ccc(-c2ccc(C#N)c(-n3c4ccccc4c4c(-n5c6ccccc6c6ccccc65)cccc43)c2)cc1. The van der Waals surface area contributed by atoms with Crippen molar-refractivity contribution in [2.24, 2.45) is 0 Å². The Labute approximate surface area is 316 Å². The van der Waals surface area contributed by atoms with E-state index in [0.717, 1.165) is 82.8 Å². The summed E-state index contributed by atoms with van der Waals surface area (Å²) in [6.07, 6.45) is 0. The topological polar surface area (TPSA) is 42.9 Å². The molecule has 5 nitrogen and oxygen atoms in total. The van der Waals surface area contributed by atoms with Crippen LogP contribution in [-0.2, 0) is 0 Å². The minimum Gasteiger partial charge on any atom is -0.309 e. The van der Waals surface area contributed by atoms with Crippen molar-refractivity contribution >= 4 is 71.1 Å². The Bertz CT molecular complexity index is 3400. The van der Waals surface area contributed by atoms with Gasteiger partial charge in [0, 0.05) is 32.6 Å². The quantitative estimate of drug-likeness (QED) is 0.169. The summed E-state index contributed by atoms with van der Waals surface area (Å²) in [6.45, 7) is 7.56. The van der Waals surface area contributed by atoms with Crippen molar-refractivity contribution in [1.29, 1.82) is 5.26 Å². The lowest BCUT2D eigenvalue weighted by Gasteiger charge is -2.14. The van der Waals surface area contributed by atoms with E-state index in [1.807, 2.05) is 36.4 Å². The van der Waals surface area contributed by atoms with Crippen LogP contribution < -0.4 is 0 Å². The summed E-state index contributed by atoms with van der Waals surface area (Å²) >= 11 is 0. The molecule has 0 unspecified atom stereocenters. The van der Waals surface area contributed by atoms with E-state index < -0.39 is 0 Å². The molecule has 11 aromatic rings. The van der Waals surface area contributed by atoms with Gasteiger partial charge >= 0.3 is 0 Å². The van der Waals surface area contributed by atoms with Gasteiger partial charge in [0.05, 0.1) is 56.6 Å². The van der Waals surface area contributed by atoms with Gasteiger partial charge in [-0.15, -0.1) is 0 Å². The van der Waals surface area contributed by atoms with Gasteiger partial charge in [-0.2, -0.15) is 5.26 Å². The zero-order valence-electron chi connectivity index (χ0n) is 29.5. The lowest BCUT2D eigenvalue weighted by Crippen LogP contribution is -1.99. The van der Waals surface area contributed by atoms with Gasteiger partial charge in [0.15, 0.2) is 5.69 Å². The molecule has 0 aliphatic rings. The Morgan fingerprint density at radius 2 is 0.945 bits per heavy atom. The molecule has 11 rings (SSSR count). The van der Waals surface area contributed by atoms with Crippen LogP contribution in [0.1, 0.15) is 5.56 Å². The average molecular weight is 700 g/mol. The van der Waals surface area contributed by atoms with Gasteiger partial charge in [0.2, 0.25) is 0 Å². The molecule has 0 saturated heterocycles. The van der Waals surface area contributed by atoms with Crippen molar-refractivity contribution in [2.45, 2.75) is 0 Å². The average Bonchev–Trinajstić information content (AvgIpc) is 3.89. The van der Waals surface area contributed by atoms with E-state index >= 15 is 0 Å². The summed E-state index contributed by atoms with van der Waals surface area (Å²) < 4.78 is 6.90. The third-order valence-electron chi connectivity index (χ3n) is 11.1. The largest absolute Gasteiger partial charge is 0.309 e. The van der Waals surface area contributed by atoms with Crippen LogP contribution in [0, 0.1) is 17.9 Å². The van der Waals surface area contributed by atoms with E-state index in [2.05, 4.69) is 164 Å². The fourth-order valence-electron chi connectivity index (χ4n) is 8.73. The Morgan fingerprint density at radius 1 is 0.418 bits per heavy atom. The molecule has 5 heteroatoms. The summed E-state index contributed by atoms with van der Waals surface area (Å²) in [4.78, 5) is 3.68. The molecule has 0 radical (unpaired) electrons. The number of benzene rings is 8. The van der Waals surface area contributed by atoms with Crippen molar-refractivity contribution in [3.8, 4) is 34.3 Å². The highest BCUT2D eigenvalue weighted by Crippen LogP contribution is 2.41. The predicted molar refractivity (Wildman–Crippen MR) is 226 cm³/mol. The lowest BCUT2D eigenvalue weighted by atomic mass is 10.0. The molecule has 0 saturated carbocycles. The number of nitriles is 1. The highest BCUT2D eigenvalue weighted by molar-refractivity contribution is 6.16. The first kappa shape index (κ1) is 30.7. The molecule has 0 N–H and O–H groups in total. The molecule has 0 bridgehead atoms. The molecule has 0 spiro atoms. The maximum absolute atomic E-state index is 10.5. The molecule has 0 amide bonds. The number of nitrogens with zero attached hydrogens (tertiary/aromatic N) is 5. The van der Waals surface area contributed by atoms with Crippen LogP contribution in [0.25, 0.3) is 98.5 Å². The van der Waals surface area contributed by atoms with Gasteiger partial charge in [-0.3, -0.25) is 0 Å². The first-order valence-electron chi connectivity index (χ1n) is 18.3. The fourth-order valence-corrected chi connectivity index (χ4v) is 8.73. The van der Waals surface area contributed by atoms with E-state index in [0.29, 0.717) is 11.3 Å². The van der Waals surface area contributed by atoms with Crippen LogP contribution in [0.3, 0.4) is 0 Å². The van der Waals surface area contributed by atoms with E-state index in [1.165, 1.54) is 10.8 Å². The molecular weight excluding hydrogens is 671 g/mol. The van der Waals surface area contributed by atoms with Crippen molar-refractivity contribution in [3.63, 3.8) is 0 Å². The molecule has 8 aromatic carbocycles. The van der Waals surface area contributed by atoms with E-state index in [9.17, 15) is 5.26 Å². The number of fused-ring (bicyclic) bond motifs is 9. The standard InChI is InChI=1S/C50H29N5/c1-52-35-25-28-46-41(30-35)39-13-4-6-15-42(39)53(46)36-26-23-32(24-27-36)33-21-22-34(31-51)49(29-33)55-45-18-9-5-14-40(45)50-47(19-10-20-48(50)55)54-43-16-7-2-11-37(43)38-12-3-8-17-44(38)54/h2-30H. The second-order valence-electron chi connectivity index (χ2n) is 13.9. The van der Waals surface area contributed by atoms with Gasteiger partial charge in [0.25, 0.3) is 0 Å². The van der Waals surface area contributed by atoms with Crippen molar-refractivity contribution in [2.75, 3.05) is 0 Å². The smallest absolute Gasteiger partial charge is 0.188 e. The second kappa shape index (κ2) is 11.8. The first-order valence-corrected chi connectivity index (χ1v) is 18.3. The van der Waals surface area contributed by atoms with Crippen LogP contribution in [-0.4, -0.2) is 13.7 Å². The Kier molecular flexibility index (Phi) is 6.61. The van der Waals surface area contributed by atoms with Crippen molar-refractivity contribution in [1.82, 2.24) is 13.7 Å². The van der Waals surface area contributed by atoms with Crippen molar-refractivity contribution < 1.29 is 0 Å². The molecule has 55 heavy (non-hydrogen) atoms. The summed E-state index contributed by atoms with van der Waals surface area (Å²) in [6, 6.07) is 63.7. The summed E-state index contributed by atoms with van der Waals surface area (Å²) in [5.41, 5.74) is 12.9. The third-order valence-corrected chi connectivity index (χ3v) is 11.1. The fraction of sp³-hybridized carbons (Fsp3) is 0. The molecule has 0 aliphatic carbocycles. The lowest BCUT2D eigenvalue weighted by molar-refractivity contribution is 1.16. The molecule has 0 aliphatic heterocycles. The van der Waals surface area contributed by atoms with E-state index in [-0.39, 0.29) is 0 Å². The normalized spacial score (nSPS) is 11.6. The summed E-state index contributed by atoms with van der Waals surface area (Å²) in [5.74, 6) is 0. The van der Waals surface area contributed by atoms with Crippen LogP contribution in [0.5, 0.6) is 0 Å². The number of rotatable bonds is 4. The maximum Gasteiger partial charge on any atom is 0.188 e. The molecule has 0 fully saturated rings. The second-order valence-corrected chi connectivity index (χ2v) is 13.9. The van der Waals surface area contributed by atoms with Crippen LogP contribution in [0.4, 0.5) is 5.69 Å². The molecular formula is C50H29N5. The summed E-state index contributed by atoms with van der Waals surface area (Å²) in [7, 11) is 0. The van der Waals surface area contributed by atoms with E-state index in [4.69, 9.17) is 6.57 Å².